The van der Waals surface area contributed by atoms with Gasteiger partial charge in [0, 0.05) is 40.5 Å². The molecule has 2 aromatic rings. The molecule has 0 aromatic carbocycles. The van der Waals surface area contributed by atoms with Crippen LogP contribution < -0.4 is 22.2 Å². The zero-order valence-electron chi connectivity index (χ0n) is 23.6. The lowest BCUT2D eigenvalue weighted by atomic mass is 9.93. The highest BCUT2D eigenvalue weighted by atomic mass is 16.2. The largest absolute Gasteiger partial charge is 0.383 e. The van der Waals surface area contributed by atoms with Crippen molar-refractivity contribution in [2.24, 2.45) is 10.4 Å². The molecule has 200 valence electrons. The number of hydrogen-bond donors (Lipinski definition) is 4. The number of nitrogens with zero attached hydrogens (tertiary/aromatic N) is 3. The maximum absolute atomic E-state index is 11.1. The highest BCUT2D eigenvalue weighted by Crippen LogP contribution is 2.19. The van der Waals surface area contributed by atoms with Gasteiger partial charge >= 0.3 is 0 Å². The SMILES string of the molecule is CC(C)(C)c1nc(N)cc(=O)[nH]1.CC1CC(=O)NC(C(C)(C)C)=N1.Cc1cc(=O)[nH]c(C(C)(C)C)n1. The van der Waals surface area contributed by atoms with Crippen molar-refractivity contribution < 1.29 is 4.79 Å². The molecule has 1 aliphatic heterocycles. The van der Waals surface area contributed by atoms with Crippen LogP contribution in [-0.2, 0) is 15.6 Å². The molecule has 3 heterocycles. The maximum atomic E-state index is 11.1. The lowest BCUT2D eigenvalue weighted by Crippen LogP contribution is -2.44. The van der Waals surface area contributed by atoms with Crippen molar-refractivity contribution in [3.8, 4) is 0 Å². The van der Waals surface area contributed by atoms with E-state index in [-0.39, 0.29) is 45.1 Å². The molecule has 5 N–H and O–H groups in total. The fourth-order valence-electron chi connectivity index (χ4n) is 2.90. The second-order valence-corrected chi connectivity index (χ2v) is 12.1. The van der Waals surface area contributed by atoms with Crippen LogP contribution in [0.25, 0.3) is 0 Å². The van der Waals surface area contributed by atoms with E-state index in [4.69, 9.17) is 5.73 Å². The molecule has 0 radical (unpaired) electrons. The van der Waals surface area contributed by atoms with Gasteiger partial charge in [-0.15, -0.1) is 0 Å². The average Bonchev–Trinajstić information content (AvgIpc) is 2.65. The number of H-pyrrole nitrogens is 2. The zero-order chi connectivity index (χ0) is 28.1. The first-order valence-corrected chi connectivity index (χ1v) is 12.0. The number of amidine groups is 1. The molecule has 2 aromatic heterocycles. The molecule has 0 spiro atoms. The third-order valence-electron chi connectivity index (χ3n) is 4.85. The maximum Gasteiger partial charge on any atom is 0.252 e. The predicted molar refractivity (Wildman–Crippen MR) is 145 cm³/mol. The summed E-state index contributed by atoms with van der Waals surface area (Å²) in [5.74, 6) is 2.53. The number of hydrogen-bond acceptors (Lipinski definition) is 7. The van der Waals surface area contributed by atoms with Gasteiger partial charge in [0.05, 0.1) is 6.04 Å². The Bertz CT molecular complexity index is 1120. The lowest BCUT2D eigenvalue weighted by Gasteiger charge is -2.27. The van der Waals surface area contributed by atoms with E-state index in [1.807, 2.05) is 76.2 Å². The van der Waals surface area contributed by atoms with Crippen LogP contribution in [0.4, 0.5) is 5.82 Å². The highest BCUT2D eigenvalue weighted by Gasteiger charge is 2.26. The summed E-state index contributed by atoms with van der Waals surface area (Å²) in [5.41, 5.74) is 5.60. The standard InChI is InChI=1S/C9H16N2O.C9H14N2O.C8H13N3O/c2*1-6-5-7(12)11-8(10-6)9(2,3)4;1-8(2,3)7-10-5(9)4-6(12)11-7/h6H,5H2,1-4H3,(H,10,11,12);5H,1-4H3,(H,10,11,12);4H,1-3H3,(H3,9,10,11,12). The summed E-state index contributed by atoms with van der Waals surface area (Å²) in [6.07, 6.45) is 0.513. The number of amides is 1. The van der Waals surface area contributed by atoms with E-state index in [0.29, 0.717) is 12.2 Å². The summed E-state index contributed by atoms with van der Waals surface area (Å²) < 4.78 is 0. The number of nitrogens with one attached hydrogen (secondary N) is 3. The summed E-state index contributed by atoms with van der Waals surface area (Å²) in [7, 11) is 0. The minimum absolute atomic E-state index is 0.0513. The molecule has 1 atom stereocenters. The van der Waals surface area contributed by atoms with E-state index in [2.05, 4.69) is 30.2 Å². The zero-order valence-corrected chi connectivity index (χ0v) is 23.6. The Balaban J connectivity index is 0.000000270. The molecule has 36 heavy (non-hydrogen) atoms. The minimum Gasteiger partial charge on any atom is -0.383 e. The van der Waals surface area contributed by atoms with Gasteiger partial charge in [-0.25, -0.2) is 9.97 Å². The second kappa shape index (κ2) is 11.6. The molecule has 10 nitrogen and oxygen atoms in total. The molecule has 0 saturated heterocycles. The van der Waals surface area contributed by atoms with Gasteiger partial charge in [0.2, 0.25) is 5.91 Å². The highest BCUT2D eigenvalue weighted by molar-refractivity contribution is 6.02. The summed E-state index contributed by atoms with van der Waals surface area (Å²) in [4.78, 5) is 51.2. The van der Waals surface area contributed by atoms with Gasteiger partial charge in [0.25, 0.3) is 11.1 Å². The number of aromatic amines is 2. The Morgan fingerprint density at radius 3 is 1.67 bits per heavy atom. The molecule has 3 rings (SSSR count). The molecule has 0 fully saturated rings. The Morgan fingerprint density at radius 1 is 0.806 bits per heavy atom. The quantitative estimate of drug-likeness (QED) is 0.433. The number of aryl methyl sites for hydroxylation is 1. The molecular weight excluding hydrogens is 458 g/mol. The number of rotatable bonds is 0. The van der Waals surface area contributed by atoms with E-state index in [1.165, 1.54) is 12.1 Å². The topological polar surface area (TPSA) is 159 Å². The molecule has 1 amide bonds. The van der Waals surface area contributed by atoms with E-state index < -0.39 is 0 Å². The lowest BCUT2D eigenvalue weighted by molar-refractivity contribution is -0.120. The summed E-state index contributed by atoms with van der Waals surface area (Å²) >= 11 is 0. The number of carbonyl (C=O) groups excluding carboxylic acids is 1. The fraction of sp³-hybridized carbons (Fsp3) is 0.615. The number of nitrogen functional groups attached to an aromatic ring is 1. The van der Waals surface area contributed by atoms with E-state index in [0.717, 1.165) is 17.4 Å². The van der Waals surface area contributed by atoms with Gasteiger partial charge in [0.15, 0.2) is 0 Å². The monoisotopic (exact) mass is 501 g/mol. The number of aliphatic imine (C=N–C) groups is 1. The number of anilines is 1. The average molecular weight is 502 g/mol. The van der Waals surface area contributed by atoms with Crippen molar-refractivity contribution in [1.82, 2.24) is 25.3 Å². The van der Waals surface area contributed by atoms with Gasteiger partial charge in [-0.3, -0.25) is 19.4 Å². The van der Waals surface area contributed by atoms with Gasteiger partial charge < -0.3 is 21.0 Å². The van der Waals surface area contributed by atoms with Crippen LogP contribution in [0.1, 0.15) is 93.0 Å². The van der Waals surface area contributed by atoms with Crippen molar-refractivity contribution >= 4 is 17.6 Å². The molecule has 0 saturated carbocycles. The van der Waals surface area contributed by atoms with Gasteiger partial charge in [-0.2, -0.15) is 0 Å². The van der Waals surface area contributed by atoms with Crippen molar-refractivity contribution in [3.63, 3.8) is 0 Å². The Morgan fingerprint density at radius 2 is 1.28 bits per heavy atom. The molecular formula is C26H43N7O3. The molecule has 1 aliphatic rings. The Labute approximate surface area is 213 Å². The Hall–Kier alpha value is -3.30. The van der Waals surface area contributed by atoms with Crippen LogP contribution in [0.5, 0.6) is 0 Å². The summed E-state index contributed by atoms with van der Waals surface area (Å²) in [6, 6.07) is 2.90. The van der Waals surface area contributed by atoms with Crippen LogP contribution in [-0.4, -0.2) is 37.7 Å². The first-order valence-electron chi connectivity index (χ1n) is 12.0. The summed E-state index contributed by atoms with van der Waals surface area (Å²) in [5, 5.41) is 2.80. The van der Waals surface area contributed by atoms with Crippen LogP contribution in [0.3, 0.4) is 0 Å². The number of nitrogens with two attached hydrogens (primary N) is 1. The van der Waals surface area contributed by atoms with Crippen molar-refractivity contribution in [2.75, 3.05) is 5.73 Å². The minimum atomic E-state index is -0.201. The fourth-order valence-corrected chi connectivity index (χ4v) is 2.90. The van der Waals surface area contributed by atoms with Gasteiger partial charge in [0.1, 0.15) is 23.3 Å². The van der Waals surface area contributed by atoms with Crippen molar-refractivity contribution in [3.05, 3.63) is 50.2 Å². The normalized spacial score (nSPS) is 16.0. The Kier molecular flexibility index (Phi) is 9.92. The first-order chi connectivity index (χ1) is 16.2. The van der Waals surface area contributed by atoms with E-state index in [9.17, 15) is 14.4 Å². The second-order valence-electron chi connectivity index (χ2n) is 12.1. The van der Waals surface area contributed by atoms with Crippen LogP contribution in [0.15, 0.2) is 26.7 Å². The number of aromatic nitrogens is 4. The summed E-state index contributed by atoms with van der Waals surface area (Å²) in [6.45, 7) is 21.9. The van der Waals surface area contributed by atoms with Crippen molar-refractivity contribution in [1.29, 1.82) is 0 Å². The third kappa shape index (κ3) is 10.5. The molecule has 0 aliphatic carbocycles. The van der Waals surface area contributed by atoms with Crippen LogP contribution in [0, 0.1) is 12.3 Å². The molecule has 0 bridgehead atoms. The van der Waals surface area contributed by atoms with E-state index in [1.54, 1.807) is 0 Å². The van der Waals surface area contributed by atoms with Crippen LogP contribution in [0.2, 0.25) is 0 Å². The smallest absolute Gasteiger partial charge is 0.252 e. The number of carbonyl (C=O) groups is 1. The van der Waals surface area contributed by atoms with Crippen molar-refractivity contribution in [2.45, 2.75) is 99.5 Å². The van der Waals surface area contributed by atoms with E-state index >= 15 is 0 Å². The van der Waals surface area contributed by atoms with Gasteiger partial charge in [-0.1, -0.05) is 62.3 Å². The third-order valence-corrected chi connectivity index (χ3v) is 4.85. The predicted octanol–water partition coefficient (Wildman–Crippen LogP) is 3.36. The van der Waals surface area contributed by atoms with Gasteiger partial charge in [-0.05, 0) is 13.8 Å². The molecule has 10 heteroatoms. The first kappa shape index (κ1) is 30.7. The molecule has 1 unspecified atom stereocenters. The van der Waals surface area contributed by atoms with Crippen LogP contribution >= 0.6 is 0 Å².